The van der Waals surface area contributed by atoms with E-state index in [-0.39, 0.29) is 18.2 Å². The maximum atomic E-state index is 12.3. The van der Waals surface area contributed by atoms with Crippen LogP contribution in [0.15, 0.2) is 48.5 Å². The number of para-hydroxylation sites is 1. The molecule has 2 aromatic carbocycles. The topological polar surface area (TPSA) is 87.0 Å². The van der Waals surface area contributed by atoms with E-state index in [4.69, 9.17) is 10.00 Å². The van der Waals surface area contributed by atoms with Gasteiger partial charge in [0.25, 0.3) is 0 Å². The standard InChI is InChI=1S/C21H22N4O2S/c1-3-16(27-17-7-5-4-6-8-17)11-14(2)23-20(26)25-21-24-18-10-9-15(13-22)12-19(18)28-21/h4-10,12,14,16H,3,11H2,1-2H3,(H2,23,24,25,26). The van der Waals surface area contributed by atoms with Gasteiger partial charge in [-0.25, -0.2) is 9.78 Å². The van der Waals surface area contributed by atoms with Crippen molar-refractivity contribution in [1.82, 2.24) is 10.3 Å². The van der Waals surface area contributed by atoms with Crippen molar-refractivity contribution in [2.75, 3.05) is 5.32 Å². The molecular weight excluding hydrogens is 372 g/mol. The van der Waals surface area contributed by atoms with Gasteiger partial charge in [-0.3, -0.25) is 5.32 Å². The minimum atomic E-state index is -0.304. The zero-order chi connectivity index (χ0) is 19.9. The van der Waals surface area contributed by atoms with Gasteiger partial charge in [-0.1, -0.05) is 36.5 Å². The molecule has 0 aliphatic heterocycles. The van der Waals surface area contributed by atoms with Crippen molar-refractivity contribution in [3.05, 3.63) is 54.1 Å². The number of carbonyl (C=O) groups excluding carboxylic acids is 1. The molecule has 0 saturated heterocycles. The molecule has 0 aliphatic rings. The van der Waals surface area contributed by atoms with E-state index in [1.54, 1.807) is 18.2 Å². The van der Waals surface area contributed by atoms with Crippen molar-refractivity contribution in [1.29, 1.82) is 5.26 Å². The van der Waals surface area contributed by atoms with Gasteiger partial charge in [0.2, 0.25) is 0 Å². The number of nitrogens with zero attached hydrogens (tertiary/aromatic N) is 2. The van der Waals surface area contributed by atoms with E-state index in [1.165, 1.54) is 11.3 Å². The Morgan fingerprint density at radius 3 is 2.79 bits per heavy atom. The number of nitrogens with one attached hydrogen (secondary N) is 2. The van der Waals surface area contributed by atoms with E-state index in [1.807, 2.05) is 37.3 Å². The first-order chi connectivity index (χ1) is 13.6. The van der Waals surface area contributed by atoms with Gasteiger partial charge in [0, 0.05) is 12.5 Å². The zero-order valence-corrected chi connectivity index (χ0v) is 16.6. The fourth-order valence-corrected chi connectivity index (χ4v) is 3.75. The summed E-state index contributed by atoms with van der Waals surface area (Å²) in [6.45, 7) is 4.02. The largest absolute Gasteiger partial charge is 0.490 e. The Labute approximate surface area is 168 Å². The normalized spacial score (nSPS) is 12.8. The summed E-state index contributed by atoms with van der Waals surface area (Å²) in [4.78, 5) is 16.7. The zero-order valence-electron chi connectivity index (χ0n) is 15.8. The molecule has 1 heterocycles. The van der Waals surface area contributed by atoms with Gasteiger partial charge in [0.1, 0.15) is 11.9 Å². The third kappa shape index (κ3) is 5.21. The number of fused-ring (bicyclic) bond motifs is 1. The molecule has 0 saturated carbocycles. The monoisotopic (exact) mass is 394 g/mol. The average molecular weight is 395 g/mol. The number of thiazole rings is 1. The van der Waals surface area contributed by atoms with Gasteiger partial charge in [0.15, 0.2) is 5.13 Å². The molecule has 2 N–H and O–H groups in total. The highest BCUT2D eigenvalue weighted by atomic mass is 32.1. The first kappa shape index (κ1) is 19.6. The van der Waals surface area contributed by atoms with Crippen LogP contribution in [0.25, 0.3) is 10.2 Å². The quantitative estimate of drug-likeness (QED) is 0.595. The number of hydrogen-bond acceptors (Lipinski definition) is 5. The first-order valence-corrected chi connectivity index (χ1v) is 9.99. The molecule has 0 radical (unpaired) electrons. The summed E-state index contributed by atoms with van der Waals surface area (Å²) >= 11 is 1.34. The molecule has 0 bridgehead atoms. The Bertz CT molecular complexity index is 981. The fraction of sp³-hybridized carbons (Fsp3) is 0.286. The van der Waals surface area contributed by atoms with E-state index >= 15 is 0 Å². The van der Waals surface area contributed by atoms with E-state index < -0.39 is 0 Å². The minimum absolute atomic E-state index is 0.0181. The van der Waals surface area contributed by atoms with Gasteiger partial charge in [-0.2, -0.15) is 5.26 Å². The van der Waals surface area contributed by atoms with Crippen molar-refractivity contribution in [2.24, 2.45) is 0 Å². The summed E-state index contributed by atoms with van der Waals surface area (Å²) in [5, 5.41) is 15.2. The highest BCUT2D eigenvalue weighted by Gasteiger charge is 2.16. The van der Waals surface area contributed by atoms with E-state index in [0.717, 1.165) is 22.4 Å². The van der Waals surface area contributed by atoms with Crippen LogP contribution >= 0.6 is 11.3 Å². The predicted octanol–water partition coefficient (Wildman–Crippen LogP) is 4.93. The molecule has 0 spiro atoms. The Morgan fingerprint density at radius 2 is 2.07 bits per heavy atom. The van der Waals surface area contributed by atoms with E-state index in [9.17, 15) is 4.79 Å². The molecule has 7 heteroatoms. The second-order valence-corrected chi connectivity index (χ2v) is 7.54. The molecule has 2 atom stereocenters. The Kier molecular flexibility index (Phi) is 6.45. The molecule has 0 fully saturated rings. The van der Waals surface area contributed by atoms with Crippen LogP contribution in [0.1, 0.15) is 32.3 Å². The highest BCUT2D eigenvalue weighted by Crippen LogP contribution is 2.26. The Morgan fingerprint density at radius 1 is 1.29 bits per heavy atom. The number of nitriles is 1. The molecule has 28 heavy (non-hydrogen) atoms. The Hall–Kier alpha value is -3.11. The van der Waals surface area contributed by atoms with Crippen molar-refractivity contribution < 1.29 is 9.53 Å². The molecule has 6 nitrogen and oxygen atoms in total. The van der Waals surface area contributed by atoms with Crippen molar-refractivity contribution in [2.45, 2.75) is 38.8 Å². The fourth-order valence-electron chi connectivity index (χ4n) is 2.85. The lowest BCUT2D eigenvalue weighted by molar-refractivity contribution is 0.173. The third-order valence-corrected chi connectivity index (χ3v) is 5.17. The highest BCUT2D eigenvalue weighted by molar-refractivity contribution is 7.22. The summed E-state index contributed by atoms with van der Waals surface area (Å²) in [6, 6.07) is 16.7. The summed E-state index contributed by atoms with van der Waals surface area (Å²) in [7, 11) is 0. The number of hydrogen-bond donors (Lipinski definition) is 2. The number of rotatable bonds is 7. The molecule has 1 aromatic heterocycles. The predicted molar refractivity (Wildman–Crippen MR) is 112 cm³/mol. The van der Waals surface area contributed by atoms with Gasteiger partial charge >= 0.3 is 6.03 Å². The SMILES string of the molecule is CCC(CC(C)NC(=O)Nc1nc2ccc(C#N)cc2s1)Oc1ccccc1. The maximum absolute atomic E-state index is 12.3. The van der Waals surface area contributed by atoms with Crippen molar-refractivity contribution in [3.8, 4) is 11.8 Å². The number of urea groups is 1. The van der Waals surface area contributed by atoms with E-state index in [2.05, 4.69) is 28.6 Å². The van der Waals surface area contributed by atoms with Crippen LogP contribution in [0.3, 0.4) is 0 Å². The summed E-state index contributed by atoms with van der Waals surface area (Å²) in [5.41, 5.74) is 1.33. The minimum Gasteiger partial charge on any atom is -0.490 e. The smallest absolute Gasteiger partial charge is 0.321 e. The van der Waals surface area contributed by atoms with Crippen LogP contribution in [-0.2, 0) is 0 Å². The van der Waals surface area contributed by atoms with Crippen LogP contribution in [0.5, 0.6) is 5.75 Å². The molecule has 2 unspecified atom stereocenters. The molecule has 3 rings (SSSR count). The maximum Gasteiger partial charge on any atom is 0.321 e. The Balaban J connectivity index is 1.54. The van der Waals surface area contributed by atoms with Gasteiger partial charge in [0.05, 0.1) is 21.8 Å². The lowest BCUT2D eigenvalue weighted by Gasteiger charge is -2.22. The second-order valence-electron chi connectivity index (χ2n) is 6.51. The second kappa shape index (κ2) is 9.20. The third-order valence-electron chi connectivity index (χ3n) is 4.23. The summed E-state index contributed by atoms with van der Waals surface area (Å²) in [6.07, 6.45) is 1.57. The number of amides is 2. The number of carbonyl (C=O) groups is 1. The average Bonchev–Trinajstić information content (AvgIpc) is 3.09. The van der Waals surface area contributed by atoms with Crippen LogP contribution in [-0.4, -0.2) is 23.2 Å². The van der Waals surface area contributed by atoms with Crippen LogP contribution < -0.4 is 15.4 Å². The van der Waals surface area contributed by atoms with Crippen molar-refractivity contribution in [3.63, 3.8) is 0 Å². The number of anilines is 1. The summed E-state index contributed by atoms with van der Waals surface area (Å²) in [5.74, 6) is 0.831. The lowest BCUT2D eigenvalue weighted by atomic mass is 10.1. The van der Waals surface area contributed by atoms with Gasteiger partial charge in [-0.05, 0) is 43.7 Å². The van der Waals surface area contributed by atoms with Crippen molar-refractivity contribution >= 4 is 32.7 Å². The molecule has 144 valence electrons. The molecule has 3 aromatic rings. The molecule has 0 aliphatic carbocycles. The molecule has 2 amide bonds. The number of ether oxygens (including phenoxy) is 1. The molecular formula is C21H22N4O2S. The van der Waals surface area contributed by atoms with Crippen LogP contribution in [0, 0.1) is 11.3 Å². The van der Waals surface area contributed by atoms with Gasteiger partial charge < -0.3 is 10.1 Å². The van der Waals surface area contributed by atoms with Crippen LogP contribution in [0.2, 0.25) is 0 Å². The summed E-state index contributed by atoms with van der Waals surface area (Å²) < 4.78 is 6.85. The van der Waals surface area contributed by atoms with E-state index in [0.29, 0.717) is 17.1 Å². The number of aromatic nitrogens is 1. The first-order valence-electron chi connectivity index (χ1n) is 9.17. The number of benzene rings is 2. The van der Waals surface area contributed by atoms with Crippen LogP contribution in [0.4, 0.5) is 9.93 Å². The van der Waals surface area contributed by atoms with Gasteiger partial charge in [-0.15, -0.1) is 0 Å². The lowest BCUT2D eigenvalue weighted by Crippen LogP contribution is -2.39.